The molecule has 4 nitrogen and oxygen atoms in total. The van der Waals surface area contributed by atoms with Crippen molar-refractivity contribution in [2.24, 2.45) is 0 Å². The van der Waals surface area contributed by atoms with Crippen LogP contribution in [0.2, 0.25) is 0 Å². The summed E-state index contributed by atoms with van der Waals surface area (Å²) in [6.07, 6.45) is 3.13. The van der Waals surface area contributed by atoms with Crippen LogP contribution in [0.4, 0.5) is 4.39 Å². The minimum Gasteiger partial charge on any atom is -0.472 e. The number of benzene rings is 1. The molecule has 0 amide bonds. The molecule has 0 unspecified atom stereocenters. The zero-order valence-electron chi connectivity index (χ0n) is 10.5. The first-order valence-electron chi connectivity index (χ1n) is 6.23. The fraction of sp³-hybridized carbons (Fsp3) is 0.0667. The van der Waals surface area contributed by atoms with E-state index in [-0.39, 0.29) is 0 Å². The number of rotatable bonds is 1. The predicted molar refractivity (Wildman–Crippen MR) is 71.5 cm³/mol. The van der Waals surface area contributed by atoms with Crippen LogP contribution in [-0.2, 0) is 6.73 Å². The first-order valence-corrected chi connectivity index (χ1v) is 6.23. The number of hydrogen-bond acceptors (Lipinski definition) is 3. The molecule has 2 aromatic heterocycles. The highest BCUT2D eigenvalue weighted by Crippen LogP contribution is 2.37. The lowest BCUT2D eigenvalue weighted by Crippen LogP contribution is -2.15. The molecule has 0 saturated carbocycles. The van der Waals surface area contributed by atoms with Crippen molar-refractivity contribution in [2.75, 3.05) is 0 Å². The predicted octanol–water partition coefficient (Wildman–Crippen LogP) is 3.10. The highest BCUT2D eigenvalue weighted by Gasteiger charge is 2.25. The van der Waals surface area contributed by atoms with Crippen LogP contribution in [-0.4, -0.2) is 14.5 Å². The largest absolute Gasteiger partial charge is 0.472 e. The molecule has 0 spiro atoms. The molecule has 0 saturated heterocycles. The summed E-state index contributed by atoms with van der Waals surface area (Å²) in [5, 5.41) is 0. The van der Waals surface area contributed by atoms with Gasteiger partial charge in [0.1, 0.15) is 11.3 Å². The molecular weight excluding hydrogens is 257 g/mol. The van der Waals surface area contributed by atoms with Crippen molar-refractivity contribution >= 4 is 0 Å². The molecule has 0 bridgehead atoms. The van der Waals surface area contributed by atoms with E-state index in [9.17, 15) is 4.39 Å². The third-order valence-electron chi connectivity index (χ3n) is 3.36. The van der Waals surface area contributed by atoms with E-state index >= 15 is 0 Å². The zero-order chi connectivity index (χ0) is 13.5. The third-order valence-corrected chi connectivity index (χ3v) is 3.36. The van der Waals surface area contributed by atoms with Crippen LogP contribution in [0.1, 0.15) is 0 Å². The van der Waals surface area contributed by atoms with Crippen LogP contribution in [0.25, 0.3) is 22.6 Å². The average molecular weight is 267 g/mol. The fourth-order valence-corrected chi connectivity index (χ4v) is 2.42. The average Bonchev–Trinajstić information content (AvgIpc) is 2.92. The molecule has 0 atom stereocenters. The van der Waals surface area contributed by atoms with Gasteiger partial charge in [0.05, 0.1) is 11.9 Å². The van der Waals surface area contributed by atoms with E-state index in [1.807, 2.05) is 34.9 Å². The van der Waals surface area contributed by atoms with Crippen LogP contribution >= 0.6 is 0 Å². The molecule has 4 rings (SSSR count). The maximum atomic E-state index is 13.9. The molecule has 0 aliphatic carbocycles. The summed E-state index contributed by atoms with van der Waals surface area (Å²) in [4.78, 5) is 8.01. The Hall–Kier alpha value is -2.69. The molecular formula is C15H10FN3O. The highest BCUT2D eigenvalue weighted by molar-refractivity contribution is 5.70. The van der Waals surface area contributed by atoms with Crippen molar-refractivity contribution in [3.8, 4) is 28.4 Å². The molecule has 98 valence electrons. The summed E-state index contributed by atoms with van der Waals surface area (Å²) >= 11 is 0. The maximum Gasteiger partial charge on any atom is 0.227 e. The third kappa shape index (κ3) is 1.53. The van der Waals surface area contributed by atoms with E-state index in [1.54, 1.807) is 12.3 Å². The van der Waals surface area contributed by atoms with Gasteiger partial charge in [-0.3, -0.25) is 4.57 Å². The van der Waals surface area contributed by atoms with Crippen molar-refractivity contribution in [1.82, 2.24) is 14.5 Å². The van der Waals surface area contributed by atoms with Crippen LogP contribution in [0.5, 0.6) is 5.75 Å². The molecule has 1 aliphatic heterocycles. The lowest BCUT2D eigenvalue weighted by Gasteiger charge is -2.20. The van der Waals surface area contributed by atoms with Crippen molar-refractivity contribution in [2.45, 2.75) is 6.73 Å². The summed E-state index contributed by atoms with van der Waals surface area (Å²) in [6.45, 7) is 0.315. The number of hydrogen-bond donors (Lipinski definition) is 0. The minimum atomic E-state index is -0.561. The fourth-order valence-electron chi connectivity index (χ4n) is 2.42. The standard InChI is InChI=1S/C15H10FN3O/c16-14-13-12(6-7-17-14)20-9-19-11(8-18-15(13)19)10-4-2-1-3-5-10/h1-8H,9H2. The van der Waals surface area contributed by atoms with Gasteiger partial charge in [-0.2, -0.15) is 4.39 Å². The number of fused-ring (bicyclic) bond motifs is 3. The molecule has 1 aliphatic rings. The molecule has 0 N–H and O–H groups in total. The Morgan fingerprint density at radius 2 is 1.95 bits per heavy atom. The Bertz CT molecular complexity index is 783. The Balaban J connectivity index is 1.93. The first-order chi connectivity index (χ1) is 9.84. The van der Waals surface area contributed by atoms with Gasteiger partial charge in [-0.25, -0.2) is 9.97 Å². The van der Waals surface area contributed by atoms with Crippen LogP contribution < -0.4 is 4.74 Å². The van der Waals surface area contributed by atoms with Gasteiger partial charge in [-0.15, -0.1) is 0 Å². The van der Waals surface area contributed by atoms with E-state index in [1.165, 1.54) is 6.20 Å². The maximum absolute atomic E-state index is 13.9. The van der Waals surface area contributed by atoms with E-state index in [0.29, 0.717) is 23.9 Å². The van der Waals surface area contributed by atoms with Gasteiger partial charge in [0.2, 0.25) is 5.95 Å². The van der Waals surface area contributed by atoms with E-state index in [0.717, 1.165) is 11.3 Å². The second-order valence-corrected chi connectivity index (χ2v) is 4.51. The smallest absolute Gasteiger partial charge is 0.227 e. The molecule has 0 fully saturated rings. The SMILES string of the molecule is Fc1nccc2c1-c1ncc(-c3ccccc3)n1CO2. The van der Waals surface area contributed by atoms with Gasteiger partial charge >= 0.3 is 0 Å². The van der Waals surface area contributed by atoms with Crippen molar-refractivity contribution < 1.29 is 9.13 Å². The Morgan fingerprint density at radius 1 is 1.10 bits per heavy atom. The molecule has 5 heteroatoms. The number of nitrogens with zero attached hydrogens (tertiary/aromatic N) is 3. The first kappa shape index (κ1) is 11.2. The molecule has 1 aromatic carbocycles. The van der Waals surface area contributed by atoms with Gasteiger partial charge in [-0.1, -0.05) is 30.3 Å². The normalized spacial score (nSPS) is 12.4. The van der Waals surface area contributed by atoms with Crippen LogP contribution in [0.15, 0.2) is 48.8 Å². The van der Waals surface area contributed by atoms with Crippen molar-refractivity contribution in [3.05, 3.63) is 54.7 Å². The van der Waals surface area contributed by atoms with Gasteiger partial charge in [-0.05, 0) is 11.6 Å². The molecule has 20 heavy (non-hydrogen) atoms. The second kappa shape index (κ2) is 4.16. The molecule has 3 aromatic rings. The highest BCUT2D eigenvalue weighted by atomic mass is 19.1. The summed E-state index contributed by atoms with van der Waals surface area (Å²) in [5.74, 6) is 0.472. The quantitative estimate of drug-likeness (QED) is 0.636. The summed E-state index contributed by atoms with van der Waals surface area (Å²) in [6, 6.07) is 11.5. The van der Waals surface area contributed by atoms with Gasteiger partial charge in [0, 0.05) is 6.20 Å². The second-order valence-electron chi connectivity index (χ2n) is 4.51. The van der Waals surface area contributed by atoms with Crippen molar-refractivity contribution in [1.29, 1.82) is 0 Å². The Labute approximate surface area is 114 Å². The number of ether oxygens (including phenoxy) is 1. The topological polar surface area (TPSA) is 39.9 Å². The zero-order valence-corrected chi connectivity index (χ0v) is 10.5. The minimum absolute atomic E-state index is 0.315. The summed E-state index contributed by atoms with van der Waals surface area (Å²) in [7, 11) is 0. The number of imidazole rings is 1. The number of pyridine rings is 1. The van der Waals surface area contributed by atoms with Crippen LogP contribution in [0.3, 0.4) is 0 Å². The van der Waals surface area contributed by atoms with Gasteiger partial charge < -0.3 is 4.74 Å². The lowest BCUT2D eigenvalue weighted by molar-refractivity contribution is 0.229. The molecule has 3 heterocycles. The Kier molecular flexibility index (Phi) is 2.32. The molecule has 0 radical (unpaired) electrons. The lowest BCUT2D eigenvalue weighted by atomic mass is 10.1. The Morgan fingerprint density at radius 3 is 2.80 bits per heavy atom. The van der Waals surface area contributed by atoms with E-state index < -0.39 is 5.95 Å². The van der Waals surface area contributed by atoms with Gasteiger partial charge in [0.15, 0.2) is 12.6 Å². The number of halogens is 1. The summed E-state index contributed by atoms with van der Waals surface area (Å²) < 4.78 is 21.4. The van der Waals surface area contributed by atoms with Crippen LogP contribution in [0, 0.1) is 5.95 Å². The number of aromatic nitrogens is 3. The monoisotopic (exact) mass is 267 g/mol. The van der Waals surface area contributed by atoms with E-state index in [4.69, 9.17) is 4.74 Å². The van der Waals surface area contributed by atoms with Crippen molar-refractivity contribution in [3.63, 3.8) is 0 Å². The van der Waals surface area contributed by atoms with Gasteiger partial charge in [0.25, 0.3) is 0 Å². The van der Waals surface area contributed by atoms with E-state index in [2.05, 4.69) is 9.97 Å². The summed E-state index contributed by atoms with van der Waals surface area (Å²) in [5.41, 5.74) is 2.23.